The molecule has 1 aromatic carbocycles. The molecular weight excluding hydrogens is 210 g/mol. The highest BCUT2D eigenvalue weighted by Gasteiger charge is 2.17. The molecule has 0 fully saturated rings. The molecule has 2 bridgehead atoms. The second-order valence-electron chi connectivity index (χ2n) is 3.39. The lowest BCUT2D eigenvalue weighted by Gasteiger charge is -2.15. The molecule has 1 aromatic rings. The number of fused-ring (bicyclic) bond motifs is 7. The molecule has 1 unspecified atom stereocenters. The molecular formula is C11H13NO4. The van der Waals surface area contributed by atoms with Crippen molar-refractivity contribution in [2.75, 3.05) is 6.61 Å². The predicted molar refractivity (Wildman–Crippen MR) is 56.6 cm³/mol. The minimum absolute atomic E-state index is 0. The maximum Gasteiger partial charge on any atom is 0.338 e. The van der Waals surface area contributed by atoms with Crippen LogP contribution in [0.4, 0.5) is 0 Å². The topological polar surface area (TPSA) is 87.6 Å². The SMILES string of the molecule is CC1COC(=O)c2ccc(cc2)C(=O)O1.N. The second-order valence-corrected chi connectivity index (χ2v) is 3.39. The van der Waals surface area contributed by atoms with Gasteiger partial charge in [0.05, 0.1) is 11.1 Å². The van der Waals surface area contributed by atoms with Gasteiger partial charge in [0.25, 0.3) is 0 Å². The average molecular weight is 223 g/mol. The van der Waals surface area contributed by atoms with Gasteiger partial charge in [-0.2, -0.15) is 0 Å². The first-order chi connectivity index (χ1) is 7.16. The zero-order valence-electron chi connectivity index (χ0n) is 8.93. The fourth-order valence-electron chi connectivity index (χ4n) is 1.30. The molecule has 0 radical (unpaired) electrons. The monoisotopic (exact) mass is 223 g/mol. The van der Waals surface area contributed by atoms with E-state index < -0.39 is 18.0 Å². The summed E-state index contributed by atoms with van der Waals surface area (Å²) in [5, 5.41) is 0. The van der Waals surface area contributed by atoms with E-state index >= 15 is 0 Å². The molecule has 16 heavy (non-hydrogen) atoms. The van der Waals surface area contributed by atoms with Crippen LogP contribution in [0.5, 0.6) is 0 Å². The quantitative estimate of drug-likeness (QED) is 0.674. The number of hydrogen-bond donors (Lipinski definition) is 1. The minimum Gasteiger partial charge on any atom is -0.458 e. The van der Waals surface area contributed by atoms with Gasteiger partial charge in [-0.25, -0.2) is 9.59 Å². The van der Waals surface area contributed by atoms with Gasteiger partial charge >= 0.3 is 11.9 Å². The zero-order chi connectivity index (χ0) is 10.8. The molecule has 86 valence electrons. The average Bonchev–Trinajstić information content (AvgIpc) is 2.25. The van der Waals surface area contributed by atoms with Crippen LogP contribution in [0, 0.1) is 0 Å². The van der Waals surface area contributed by atoms with Crippen molar-refractivity contribution in [2.24, 2.45) is 0 Å². The molecule has 0 amide bonds. The summed E-state index contributed by atoms with van der Waals surface area (Å²) in [7, 11) is 0. The van der Waals surface area contributed by atoms with E-state index in [0.717, 1.165) is 0 Å². The molecule has 2 aliphatic heterocycles. The molecule has 2 aliphatic rings. The summed E-state index contributed by atoms with van der Waals surface area (Å²) in [6, 6.07) is 6.21. The number of rotatable bonds is 0. The van der Waals surface area contributed by atoms with Crippen molar-refractivity contribution in [1.82, 2.24) is 6.15 Å². The molecule has 0 aliphatic carbocycles. The first-order valence-electron chi connectivity index (χ1n) is 4.65. The van der Waals surface area contributed by atoms with Crippen molar-refractivity contribution < 1.29 is 19.1 Å². The number of esters is 2. The van der Waals surface area contributed by atoms with Crippen LogP contribution < -0.4 is 6.15 Å². The lowest BCUT2D eigenvalue weighted by Crippen LogP contribution is -2.23. The number of carbonyl (C=O) groups excluding carboxylic acids is 2. The summed E-state index contributed by atoms with van der Waals surface area (Å²) in [6.07, 6.45) is -0.421. The fourth-order valence-corrected chi connectivity index (χ4v) is 1.30. The molecule has 3 rings (SSSR count). The summed E-state index contributed by atoms with van der Waals surface area (Å²) in [5.74, 6) is -0.793. The molecule has 5 nitrogen and oxygen atoms in total. The van der Waals surface area contributed by atoms with Gasteiger partial charge in [-0.1, -0.05) is 0 Å². The summed E-state index contributed by atoms with van der Waals surface area (Å²) in [4.78, 5) is 22.9. The smallest absolute Gasteiger partial charge is 0.338 e. The van der Waals surface area contributed by atoms with Gasteiger partial charge in [-0.3, -0.25) is 0 Å². The minimum atomic E-state index is -0.421. The van der Waals surface area contributed by atoms with Crippen molar-refractivity contribution in [1.29, 1.82) is 0 Å². The summed E-state index contributed by atoms with van der Waals surface area (Å²) in [5.41, 5.74) is 0.890. The van der Waals surface area contributed by atoms with E-state index in [9.17, 15) is 9.59 Å². The highest BCUT2D eigenvalue weighted by molar-refractivity contribution is 5.93. The Morgan fingerprint density at radius 1 is 1.06 bits per heavy atom. The van der Waals surface area contributed by atoms with Crippen molar-refractivity contribution in [3.8, 4) is 0 Å². The molecule has 1 atom stereocenters. The van der Waals surface area contributed by atoms with E-state index in [-0.39, 0.29) is 12.8 Å². The maximum absolute atomic E-state index is 11.5. The highest BCUT2D eigenvalue weighted by atomic mass is 16.6. The third-order valence-corrected chi connectivity index (χ3v) is 2.11. The van der Waals surface area contributed by atoms with E-state index in [2.05, 4.69) is 0 Å². The Morgan fingerprint density at radius 3 is 2.12 bits per heavy atom. The summed E-state index contributed by atoms with van der Waals surface area (Å²) >= 11 is 0. The van der Waals surface area contributed by atoms with Crippen LogP contribution in [0.15, 0.2) is 24.3 Å². The third kappa shape index (κ3) is 2.38. The standard InChI is InChI=1S/C11H10O4.H3N/c1-7-6-14-10(12)8-2-4-9(5-3-8)11(13)15-7;/h2-5,7H,6H2,1H3;1H3. The maximum atomic E-state index is 11.5. The summed E-state index contributed by atoms with van der Waals surface area (Å²) < 4.78 is 9.98. The summed E-state index contributed by atoms with van der Waals surface area (Å²) in [6.45, 7) is 1.77. The van der Waals surface area contributed by atoms with Crippen LogP contribution in [0.1, 0.15) is 27.6 Å². The highest BCUT2D eigenvalue weighted by Crippen LogP contribution is 2.11. The molecule has 5 heteroatoms. The van der Waals surface area contributed by atoms with E-state index in [1.807, 2.05) is 0 Å². The third-order valence-electron chi connectivity index (χ3n) is 2.11. The largest absolute Gasteiger partial charge is 0.458 e. The fraction of sp³-hybridized carbons (Fsp3) is 0.273. The molecule has 0 saturated carbocycles. The van der Waals surface area contributed by atoms with E-state index in [0.29, 0.717) is 11.1 Å². The van der Waals surface area contributed by atoms with Gasteiger partial charge in [-0.15, -0.1) is 0 Å². The first kappa shape index (κ1) is 12.2. The van der Waals surface area contributed by atoms with Crippen LogP contribution >= 0.6 is 0 Å². The molecule has 2 heterocycles. The Bertz CT molecular complexity index is 399. The van der Waals surface area contributed by atoms with Gasteiger partial charge in [0.15, 0.2) is 0 Å². The van der Waals surface area contributed by atoms with Gasteiger partial charge in [0.2, 0.25) is 0 Å². The van der Waals surface area contributed by atoms with Gasteiger partial charge in [0, 0.05) is 0 Å². The predicted octanol–water partition coefficient (Wildman–Crippen LogP) is 1.56. The van der Waals surface area contributed by atoms with Crippen molar-refractivity contribution in [3.63, 3.8) is 0 Å². The number of carbonyl (C=O) groups is 2. The van der Waals surface area contributed by atoms with Gasteiger partial charge in [-0.05, 0) is 31.2 Å². The van der Waals surface area contributed by atoms with Crippen LogP contribution in [0.3, 0.4) is 0 Å². The van der Waals surface area contributed by atoms with Crippen LogP contribution in [0.2, 0.25) is 0 Å². The number of benzene rings is 1. The Balaban J connectivity index is 0.00000128. The Kier molecular flexibility index (Phi) is 3.63. The molecule has 0 aromatic heterocycles. The van der Waals surface area contributed by atoms with Crippen LogP contribution in [-0.4, -0.2) is 24.6 Å². The van der Waals surface area contributed by atoms with Gasteiger partial charge in [0.1, 0.15) is 12.7 Å². The van der Waals surface area contributed by atoms with Gasteiger partial charge < -0.3 is 15.6 Å². The lowest BCUT2D eigenvalue weighted by molar-refractivity contribution is 0.00395. The lowest BCUT2D eigenvalue weighted by atomic mass is 10.1. The van der Waals surface area contributed by atoms with Crippen molar-refractivity contribution in [2.45, 2.75) is 13.0 Å². The Morgan fingerprint density at radius 2 is 1.56 bits per heavy atom. The van der Waals surface area contributed by atoms with Crippen molar-refractivity contribution in [3.05, 3.63) is 35.4 Å². The van der Waals surface area contributed by atoms with Crippen molar-refractivity contribution >= 4 is 11.9 Å². The molecule has 0 spiro atoms. The van der Waals surface area contributed by atoms with E-state index in [4.69, 9.17) is 9.47 Å². The number of ether oxygens (including phenoxy) is 2. The van der Waals surface area contributed by atoms with Crippen LogP contribution in [0.25, 0.3) is 0 Å². The Labute approximate surface area is 92.9 Å². The molecule has 3 N–H and O–H groups in total. The Hall–Kier alpha value is -1.88. The first-order valence-corrected chi connectivity index (χ1v) is 4.65. The number of hydrogen-bond acceptors (Lipinski definition) is 5. The molecule has 0 saturated heterocycles. The second kappa shape index (κ2) is 4.76. The zero-order valence-corrected chi connectivity index (χ0v) is 8.93. The normalized spacial score (nSPS) is 19.4. The van der Waals surface area contributed by atoms with Crippen LogP contribution in [-0.2, 0) is 9.47 Å². The van der Waals surface area contributed by atoms with E-state index in [1.54, 1.807) is 31.2 Å². The van der Waals surface area contributed by atoms with E-state index in [1.165, 1.54) is 0 Å².